The monoisotopic (exact) mass is 609 g/mol. The number of para-hydroxylation sites is 1. The van der Waals surface area contributed by atoms with Crippen molar-refractivity contribution in [3.8, 4) is 5.75 Å². The largest absolute Gasteiger partial charge is 0.573 e. The minimum atomic E-state index is -4.90. The zero-order valence-corrected chi connectivity index (χ0v) is 23.8. The van der Waals surface area contributed by atoms with Crippen LogP contribution in [0.3, 0.4) is 0 Å². The summed E-state index contributed by atoms with van der Waals surface area (Å²) in [6.07, 6.45) is -2.48. The third-order valence-corrected chi connectivity index (χ3v) is 8.05. The molecule has 1 fully saturated rings. The van der Waals surface area contributed by atoms with Gasteiger partial charge in [-0.25, -0.2) is 19.2 Å². The summed E-state index contributed by atoms with van der Waals surface area (Å²) in [5, 5.41) is 9.45. The van der Waals surface area contributed by atoms with Crippen molar-refractivity contribution in [1.29, 1.82) is 0 Å². The summed E-state index contributed by atoms with van der Waals surface area (Å²) in [5.74, 6) is -2.41. The summed E-state index contributed by atoms with van der Waals surface area (Å²) >= 11 is 6.68. The van der Waals surface area contributed by atoms with Gasteiger partial charge < -0.3 is 20.3 Å². The molecule has 1 atom stereocenters. The van der Waals surface area contributed by atoms with E-state index in [9.17, 15) is 27.5 Å². The average Bonchev–Trinajstić information content (AvgIpc) is 3.68. The van der Waals surface area contributed by atoms with Crippen molar-refractivity contribution in [1.82, 2.24) is 4.98 Å². The van der Waals surface area contributed by atoms with Gasteiger partial charge in [-0.1, -0.05) is 49.5 Å². The maximum absolute atomic E-state index is 14.5. The summed E-state index contributed by atoms with van der Waals surface area (Å²) in [6, 6.07) is 7.84. The zero-order chi connectivity index (χ0) is 29.9. The molecule has 2 aromatic carbocycles. The van der Waals surface area contributed by atoms with E-state index in [0.717, 1.165) is 30.2 Å². The first-order chi connectivity index (χ1) is 19.4. The number of hydrogen-bond donors (Lipinski definition) is 2. The summed E-state index contributed by atoms with van der Waals surface area (Å²) in [4.78, 5) is 20.6. The van der Waals surface area contributed by atoms with Crippen LogP contribution >= 0.6 is 23.6 Å². The number of aromatic carboxylic acids is 1. The van der Waals surface area contributed by atoms with Crippen molar-refractivity contribution in [2.45, 2.75) is 39.5 Å². The van der Waals surface area contributed by atoms with Gasteiger partial charge in [-0.15, -0.1) is 13.2 Å². The van der Waals surface area contributed by atoms with Gasteiger partial charge in [-0.05, 0) is 55.4 Å². The van der Waals surface area contributed by atoms with Crippen molar-refractivity contribution < 1.29 is 36.9 Å². The van der Waals surface area contributed by atoms with Gasteiger partial charge in [-0.2, -0.15) is 0 Å². The van der Waals surface area contributed by atoms with Crippen LogP contribution in [0.2, 0.25) is 0 Å². The number of aromatic nitrogens is 1. The van der Waals surface area contributed by atoms with Crippen LogP contribution in [-0.2, 0) is 4.74 Å². The molecule has 1 aliphatic carbocycles. The number of carboxylic acids is 1. The van der Waals surface area contributed by atoms with Crippen LogP contribution in [0.25, 0.3) is 15.9 Å². The Morgan fingerprint density at radius 3 is 2.61 bits per heavy atom. The number of thiazole rings is 1. The van der Waals surface area contributed by atoms with Crippen LogP contribution in [0.5, 0.6) is 5.75 Å². The molecule has 0 amide bonds. The van der Waals surface area contributed by atoms with E-state index in [1.54, 1.807) is 6.07 Å². The molecule has 41 heavy (non-hydrogen) atoms. The van der Waals surface area contributed by atoms with E-state index in [2.05, 4.69) is 14.7 Å². The Morgan fingerprint density at radius 2 is 1.98 bits per heavy atom. The number of rotatable bonds is 12. The lowest BCUT2D eigenvalue weighted by atomic mass is 10.0. The first kappa shape index (κ1) is 30.5. The third kappa shape index (κ3) is 7.66. The van der Waals surface area contributed by atoms with Gasteiger partial charge in [0.2, 0.25) is 5.13 Å². The molecule has 7 nitrogen and oxygen atoms in total. The molecule has 0 radical (unpaired) electrons. The molecule has 0 aliphatic heterocycles. The molecule has 0 unspecified atom stereocenters. The SMILES string of the molecule is CC[C@@H](C)C(COCC(C(=S)C1CC1)=C(N)c1ccccc1OC(F)(F)F)=Nc1nc2c(F)cc(C(=O)O)cc2s1. The Kier molecular flexibility index (Phi) is 9.40. The van der Waals surface area contributed by atoms with Gasteiger partial charge in [0.25, 0.3) is 0 Å². The second-order valence-electron chi connectivity index (χ2n) is 9.59. The van der Waals surface area contributed by atoms with E-state index < -0.39 is 23.9 Å². The number of alkyl halides is 3. The smallest absolute Gasteiger partial charge is 0.478 e. The van der Waals surface area contributed by atoms with Crippen LogP contribution in [0.4, 0.5) is 22.7 Å². The van der Waals surface area contributed by atoms with Crippen LogP contribution in [-0.4, -0.2) is 46.2 Å². The predicted octanol–water partition coefficient (Wildman–Crippen LogP) is 7.32. The highest BCUT2D eigenvalue weighted by atomic mass is 32.1. The topological polar surface area (TPSA) is 107 Å². The lowest BCUT2D eigenvalue weighted by Crippen LogP contribution is -2.22. The zero-order valence-electron chi connectivity index (χ0n) is 22.1. The number of nitrogens with two attached hydrogens (primary N) is 1. The first-order valence-corrected chi connectivity index (χ1v) is 14.0. The molecule has 3 N–H and O–H groups in total. The van der Waals surface area contributed by atoms with Crippen molar-refractivity contribution in [2.75, 3.05) is 13.2 Å². The third-order valence-electron chi connectivity index (χ3n) is 6.57. The van der Waals surface area contributed by atoms with E-state index in [1.165, 1.54) is 24.3 Å². The molecule has 0 spiro atoms. The highest BCUT2D eigenvalue weighted by Gasteiger charge is 2.34. The first-order valence-electron chi connectivity index (χ1n) is 12.7. The molecule has 1 aromatic heterocycles. The molecule has 13 heteroatoms. The minimum Gasteiger partial charge on any atom is -0.478 e. The summed E-state index contributed by atoms with van der Waals surface area (Å²) in [5.41, 5.74) is 7.33. The summed E-state index contributed by atoms with van der Waals surface area (Å²) in [7, 11) is 0. The van der Waals surface area contributed by atoms with Gasteiger partial charge in [0.15, 0.2) is 5.82 Å². The predicted molar refractivity (Wildman–Crippen MR) is 153 cm³/mol. The van der Waals surface area contributed by atoms with Crippen molar-refractivity contribution >= 4 is 61.1 Å². The Morgan fingerprint density at radius 1 is 1.27 bits per heavy atom. The number of nitrogens with zero attached hydrogens (tertiary/aromatic N) is 2. The number of fused-ring (bicyclic) bond motifs is 1. The van der Waals surface area contributed by atoms with Gasteiger partial charge >= 0.3 is 12.3 Å². The van der Waals surface area contributed by atoms with E-state index in [4.69, 9.17) is 22.7 Å². The van der Waals surface area contributed by atoms with Crippen molar-refractivity contribution in [2.24, 2.45) is 22.6 Å². The molecule has 0 saturated heterocycles. The highest BCUT2D eigenvalue weighted by molar-refractivity contribution is 7.81. The Bertz CT molecular complexity index is 1530. The standard InChI is InChI=1S/C28H27F4N3O4S2/c1-3-14(2)20(34-27-35-24-19(29)10-16(26(36)37)11-22(24)41-27)13-38-12-18(25(40)15-8-9-15)23(33)17-6-4-5-7-21(17)39-28(30,31)32/h4-7,10-11,14-15H,3,8-9,12-13,33H2,1-2H3,(H,36,37)/t14-/m1/s1. The highest BCUT2D eigenvalue weighted by Crippen LogP contribution is 2.37. The summed E-state index contributed by atoms with van der Waals surface area (Å²) < 4.78 is 64.0. The molecule has 3 aromatic rings. The Hall–Kier alpha value is -3.42. The number of hydrogen-bond acceptors (Lipinski definition) is 8. The van der Waals surface area contributed by atoms with Crippen LogP contribution in [0.1, 0.15) is 49.0 Å². The van der Waals surface area contributed by atoms with E-state index in [1.807, 2.05) is 13.8 Å². The fraction of sp³-hybridized carbons (Fsp3) is 0.357. The van der Waals surface area contributed by atoms with Crippen LogP contribution in [0.15, 0.2) is 47.0 Å². The second-order valence-corrected chi connectivity index (χ2v) is 11.0. The molecule has 1 aliphatic rings. The number of carboxylic acid groups (broad SMARTS) is 1. The Labute approximate surface area is 242 Å². The van der Waals surface area contributed by atoms with Crippen LogP contribution in [0, 0.1) is 17.7 Å². The number of carbonyl (C=O) groups is 1. The number of halogens is 4. The maximum Gasteiger partial charge on any atom is 0.573 e. The van der Waals surface area contributed by atoms with Gasteiger partial charge in [-0.3, -0.25) is 0 Å². The second kappa shape index (κ2) is 12.6. The quantitative estimate of drug-likeness (QED) is 0.0959. The molecular formula is C28H27F4N3O4S2. The number of benzene rings is 2. The molecule has 1 heterocycles. The molecule has 218 valence electrons. The van der Waals surface area contributed by atoms with E-state index in [-0.39, 0.29) is 52.5 Å². The minimum absolute atomic E-state index is 0.0238. The molecule has 0 bridgehead atoms. The fourth-order valence-electron chi connectivity index (χ4n) is 3.99. The van der Waals surface area contributed by atoms with Crippen molar-refractivity contribution in [3.63, 3.8) is 0 Å². The normalized spacial score (nSPS) is 15.5. The Balaban J connectivity index is 1.61. The summed E-state index contributed by atoms with van der Waals surface area (Å²) in [6.45, 7) is 3.84. The van der Waals surface area contributed by atoms with Gasteiger partial charge in [0.05, 0.1) is 23.5 Å². The lowest BCUT2D eigenvalue weighted by molar-refractivity contribution is -0.274. The van der Waals surface area contributed by atoms with Crippen molar-refractivity contribution in [3.05, 3.63) is 58.9 Å². The van der Waals surface area contributed by atoms with E-state index in [0.29, 0.717) is 27.3 Å². The average molecular weight is 610 g/mol. The maximum atomic E-state index is 14.5. The molecular weight excluding hydrogens is 582 g/mol. The number of thiocarbonyl (C=S) groups is 1. The van der Waals surface area contributed by atoms with Gasteiger partial charge in [0.1, 0.15) is 11.3 Å². The fourth-order valence-corrected chi connectivity index (χ4v) is 5.31. The van der Waals surface area contributed by atoms with E-state index >= 15 is 0 Å². The number of aliphatic imine (C=N–C) groups is 1. The molecule has 4 rings (SSSR count). The number of ether oxygens (including phenoxy) is 2. The lowest BCUT2D eigenvalue weighted by Gasteiger charge is -2.18. The van der Waals surface area contributed by atoms with Crippen LogP contribution < -0.4 is 10.5 Å². The van der Waals surface area contributed by atoms with Gasteiger partial charge in [0, 0.05) is 27.4 Å². The molecule has 1 saturated carbocycles.